The summed E-state index contributed by atoms with van der Waals surface area (Å²) in [4.78, 5) is 9.49. The quantitative estimate of drug-likeness (QED) is 0.790. The molecule has 0 saturated heterocycles. The molecule has 0 unspecified atom stereocenters. The van der Waals surface area contributed by atoms with Gasteiger partial charge in [0.2, 0.25) is 0 Å². The summed E-state index contributed by atoms with van der Waals surface area (Å²) in [5, 5.41) is 0. The average molecular weight is 309 g/mol. The summed E-state index contributed by atoms with van der Waals surface area (Å²) < 4.78 is 1.45. The molecule has 0 fully saturated rings. The Morgan fingerprint density at radius 2 is 1.94 bits per heavy atom. The van der Waals surface area contributed by atoms with E-state index >= 15 is 0 Å². The molecule has 2 aromatic rings. The summed E-state index contributed by atoms with van der Waals surface area (Å²) in [6, 6.07) is 5.49. The van der Waals surface area contributed by atoms with Crippen molar-refractivity contribution in [3.8, 4) is 0 Å². The fourth-order valence-corrected chi connectivity index (χ4v) is 4.45. The molecule has 0 N–H and O–H groups in total. The van der Waals surface area contributed by atoms with E-state index in [4.69, 9.17) is 0 Å². The van der Waals surface area contributed by atoms with E-state index in [0.29, 0.717) is 26.6 Å². The summed E-state index contributed by atoms with van der Waals surface area (Å²) in [5.41, 5.74) is 2.71. The minimum absolute atomic E-state index is 0.499. The Kier molecular flexibility index (Phi) is 4.60. The zero-order valence-electron chi connectivity index (χ0n) is 11.7. The van der Waals surface area contributed by atoms with Crippen LogP contribution in [0.15, 0.2) is 23.3 Å². The third kappa shape index (κ3) is 3.03. The molecule has 18 heavy (non-hydrogen) atoms. The number of hydrogen-bond donors (Lipinski definition) is 0. The van der Waals surface area contributed by atoms with Crippen molar-refractivity contribution in [1.29, 1.82) is 0 Å². The Bertz CT molecular complexity index is 494. The van der Waals surface area contributed by atoms with Crippen LogP contribution in [0.1, 0.15) is 33.3 Å². The number of aromatic nitrogens is 1. The molecule has 0 aromatic carbocycles. The Labute approximate surface area is 116 Å². The predicted molar refractivity (Wildman–Crippen MR) is 79.4 cm³/mol. The second kappa shape index (κ2) is 6.01. The maximum atomic E-state index is 4.54. The van der Waals surface area contributed by atoms with Gasteiger partial charge in [-0.2, -0.15) is 0 Å². The van der Waals surface area contributed by atoms with Gasteiger partial charge in [0.15, 0.2) is 0 Å². The molecule has 0 bridgehead atoms. The van der Waals surface area contributed by atoms with Crippen LogP contribution in [0.25, 0.3) is 9.78 Å². The van der Waals surface area contributed by atoms with Crippen molar-refractivity contribution in [2.75, 3.05) is 6.54 Å². The van der Waals surface area contributed by atoms with Crippen LogP contribution < -0.4 is 0 Å². The van der Waals surface area contributed by atoms with Crippen molar-refractivity contribution in [1.82, 2.24) is 9.88 Å². The molecule has 0 radical (unpaired) electrons. The molecule has 0 aliphatic rings. The van der Waals surface area contributed by atoms with Crippen molar-refractivity contribution < 1.29 is 0 Å². The molecule has 2 aromatic heterocycles. The van der Waals surface area contributed by atoms with Crippen molar-refractivity contribution in [2.45, 2.75) is 46.2 Å². The first-order chi connectivity index (χ1) is 8.59. The Morgan fingerprint density at radius 1 is 1.22 bits per heavy atom. The van der Waals surface area contributed by atoms with Crippen LogP contribution in [0.4, 0.5) is 0 Å². The van der Waals surface area contributed by atoms with Gasteiger partial charge in [-0.3, -0.25) is 0 Å². The van der Waals surface area contributed by atoms with Gasteiger partial charge in [-0.05, 0) is 0 Å². The van der Waals surface area contributed by atoms with E-state index in [9.17, 15) is 0 Å². The second-order valence-electron chi connectivity index (χ2n) is 5.29. The van der Waals surface area contributed by atoms with Crippen molar-refractivity contribution >= 4 is 24.3 Å². The van der Waals surface area contributed by atoms with Gasteiger partial charge in [-0.1, -0.05) is 0 Å². The third-order valence-electron chi connectivity index (χ3n) is 3.37. The second-order valence-corrected chi connectivity index (χ2v) is 7.20. The van der Waals surface area contributed by atoms with Gasteiger partial charge in [0.05, 0.1) is 0 Å². The summed E-state index contributed by atoms with van der Waals surface area (Å²) in [6.07, 6.45) is 3.04. The molecule has 0 spiro atoms. The zero-order chi connectivity index (χ0) is 13.1. The molecule has 0 amide bonds. The zero-order valence-corrected chi connectivity index (χ0v) is 13.4. The molecular weight excluding hydrogens is 287 g/mol. The van der Waals surface area contributed by atoms with Gasteiger partial charge in [0.25, 0.3) is 0 Å². The average Bonchev–Trinajstić information content (AvgIpc) is 2.72. The van der Waals surface area contributed by atoms with Crippen LogP contribution in [-0.4, -0.2) is 43.0 Å². The molecule has 98 valence electrons. The standard InChI is InChI=1S/C15H22N2Se/c1-11(2)17(12(3)4)9-7-13-10-18-14-6-5-8-16-15(13)14/h5-6,8,10-12H,7,9H2,1-4H3. The maximum absolute atomic E-state index is 4.54. The van der Waals surface area contributed by atoms with Gasteiger partial charge < -0.3 is 0 Å². The van der Waals surface area contributed by atoms with E-state index in [1.54, 1.807) is 0 Å². The SMILES string of the molecule is CC(C)N(CCc1c[se]c2cccnc12)C(C)C. The van der Waals surface area contributed by atoms with E-state index in [2.05, 4.69) is 48.6 Å². The monoisotopic (exact) mass is 310 g/mol. The van der Waals surface area contributed by atoms with Crippen LogP contribution in [0.5, 0.6) is 0 Å². The summed E-state index contributed by atoms with van der Waals surface area (Å²) in [6.45, 7) is 10.2. The fraction of sp³-hybridized carbons (Fsp3) is 0.533. The Morgan fingerprint density at radius 3 is 2.61 bits per heavy atom. The Balaban J connectivity index is 2.10. The van der Waals surface area contributed by atoms with Crippen molar-refractivity contribution in [2.24, 2.45) is 0 Å². The molecule has 2 heterocycles. The van der Waals surface area contributed by atoms with Crippen LogP contribution >= 0.6 is 0 Å². The van der Waals surface area contributed by atoms with Crippen molar-refractivity contribution in [3.05, 3.63) is 28.8 Å². The van der Waals surface area contributed by atoms with Crippen LogP contribution in [-0.2, 0) is 6.42 Å². The summed E-state index contributed by atoms with van der Waals surface area (Å²) in [7, 11) is 0. The Hall–Kier alpha value is -0.631. The number of hydrogen-bond acceptors (Lipinski definition) is 2. The minimum atomic E-state index is 0.499. The summed E-state index contributed by atoms with van der Waals surface area (Å²) in [5.74, 6) is 0. The molecule has 2 nitrogen and oxygen atoms in total. The number of fused-ring (bicyclic) bond motifs is 1. The van der Waals surface area contributed by atoms with E-state index in [0.717, 1.165) is 13.0 Å². The molecule has 0 aliphatic heterocycles. The molecule has 2 rings (SSSR count). The van der Waals surface area contributed by atoms with Crippen LogP contribution in [0.2, 0.25) is 0 Å². The molecule has 0 aliphatic carbocycles. The van der Waals surface area contributed by atoms with E-state index in [1.807, 2.05) is 12.3 Å². The predicted octanol–water partition coefficient (Wildman–Crippen LogP) is 2.95. The third-order valence-corrected chi connectivity index (χ3v) is 5.44. The number of pyridine rings is 1. The van der Waals surface area contributed by atoms with Crippen molar-refractivity contribution in [3.63, 3.8) is 0 Å². The van der Waals surface area contributed by atoms with Gasteiger partial charge >= 0.3 is 116 Å². The molecular formula is C15H22N2Se. The summed E-state index contributed by atoms with van der Waals surface area (Å²) >= 11 is 0.499. The number of nitrogens with zero attached hydrogens (tertiary/aromatic N) is 2. The fourth-order valence-electron chi connectivity index (χ4n) is 2.46. The first-order valence-electron chi connectivity index (χ1n) is 6.66. The molecule has 0 atom stereocenters. The van der Waals surface area contributed by atoms with Gasteiger partial charge in [-0.15, -0.1) is 0 Å². The van der Waals surface area contributed by atoms with E-state index in [-0.39, 0.29) is 0 Å². The topological polar surface area (TPSA) is 16.1 Å². The van der Waals surface area contributed by atoms with Gasteiger partial charge in [0, 0.05) is 0 Å². The number of rotatable bonds is 5. The van der Waals surface area contributed by atoms with Crippen LogP contribution in [0, 0.1) is 0 Å². The van der Waals surface area contributed by atoms with Gasteiger partial charge in [0.1, 0.15) is 0 Å². The molecule has 0 saturated carbocycles. The van der Waals surface area contributed by atoms with Crippen LogP contribution in [0.3, 0.4) is 0 Å². The normalized spacial score (nSPS) is 12.2. The first kappa shape index (κ1) is 13.8. The first-order valence-corrected chi connectivity index (χ1v) is 8.51. The van der Waals surface area contributed by atoms with Gasteiger partial charge in [-0.25, -0.2) is 0 Å². The van der Waals surface area contributed by atoms with E-state index < -0.39 is 0 Å². The van der Waals surface area contributed by atoms with E-state index in [1.165, 1.54) is 15.3 Å². The molecule has 3 heteroatoms.